The number of aromatic nitrogens is 1. The second-order valence-corrected chi connectivity index (χ2v) is 8.14. The highest BCUT2D eigenvalue weighted by molar-refractivity contribution is 7.80. The molecule has 4 aromatic rings. The number of thiazole rings is 1. The highest BCUT2D eigenvalue weighted by Gasteiger charge is 2.14. The highest BCUT2D eigenvalue weighted by atomic mass is 32.1. The van der Waals surface area contributed by atoms with E-state index in [-0.39, 0.29) is 10.9 Å². The molecule has 0 spiro atoms. The Morgan fingerprint density at radius 3 is 2.56 bits per heavy atom. The van der Waals surface area contributed by atoms with Crippen LogP contribution >= 0.6 is 23.6 Å². The van der Waals surface area contributed by atoms with E-state index in [9.17, 15) is 9.90 Å². The number of benzene rings is 3. The van der Waals surface area contributed by atoms with Crippen molar-refractivity contribution < 1.29 is 19.4 Å². The number of ether oxygens (including phenoxy) is 2. The van der Waals surface area contributed by atoms with Crippen molar-refractivity contribution in [3.8, 4) is 27.8 Å². The molecule has 1 amide bonds. The van der Waals surface area contributed by atoms with E-state index in [0.29, 0.717) is 33.3 Å². The number of carbonyl (C=O) groups excluding carboxylic acids is 1. The molecule has 0 fully saturated rings. The van der Waals surface area contributed by atoms with E-state index in [2.05, 4.69) is 15.6 Å². The Labute approximate surface area is 193 Å². The zero-order valence-corrected chi connectivity index (χ0v) is 18.8. The van der Waals surface area contributed by atoms with Crippen LogP contribution in [0.2, 0.25) is 0 Å². The fourth-order valence-corrected chi connectivity index (χ4v) is 4.29. The van der Waals surface area contributed by atoms with Gasteiger partial charge in [0, 0.05) is 11.3 Å². The molecule has 0 aliphatic rings. The molecule has 0 saturated heterocycles. The standard InChI is InChI=1S/C23H19N3O4S2/c1-29-18-10-7-13(11-19(18)30-2)21(28)26-23(31)24-14-8-9-17(27)15(12-14)22-25-16-5-3-4-6-20(16)32-22/h3-12,27H,1-2H3,(H2,24,26,28,31). The number of anilines is 1. The van der Waals surface area contributed by atoms with Crippen LogP contribution in [0.4, 0.5) is 5.69 Å². The van der Waals surface area contributed by atoms with E-state index < -0.39 is 5.91 Å². The van der Waals surface area contributed by atoms with Gasteiger partial charge in [0.1, 0.15) is 10.8 Å². The van der Waals surface area contributed by atoms with Crippen LogP contribution in [0.1, 0.15) is 10.4 Å². The second-order valence-electron chi connectivity index (χ2n) is 6.70. The van der Waals surface area contributed by atoms with E-state index in [4.69, 9.17) is 21.7 Å². The van der Waals surface area contributed by atoms with Crippen molar-refractivity contribution in [2.75, 3.05) is 19.5 Å². The van der Waals surface area contributed by atoms with Crippen LogP contribution in [-0.2, 0) is 0 Å². The van der Waals surface area contributed by atoms with Crippen LogP contribution in [0.25, 0.3) is 20.8 Å². The summed E-state index contributed by atoms with van der Waals surface area (Å²) in [4.78, 5) is 17.2. The molecule has 1 aromatic heterocycles. The lowest BCUT2D eigenvalue weighted by Crippen LogP contribution is -2.34. The number of nitrogens with zero attached hydrogens (tertiary/aromatic N) is 1. The van der Waals surface area contributed by atoms with Gasteiger partial charge in [-0.15, -0.1) is 11.3 Å². The van der Waals surface area contributed by atoms with Crippen LogP contribution in [0, 0.1) is 0 Å². The zero-order chi connectivity index (χ0) is 22.7. The van der Waals surface area contributed by atoms with Crippen LogP contribution in [0.15, 0.2) is 60.7 Å². The summed E-state index contributed by atoms with van der Waals surface area (Å²) in [6.45, 7) is 0. The first-order chi connectivity index (χ1) is 15.5. The van der Waals surface area contributed by atoms with Crippen molar-refractivity contribution in [3.63, 3.8) is 0 Å². The van der Waals surface area contributed by atoms with Gasteiger partial charge in [0.2, 0.25) is 0 Å². The number of amides is 1. The van der Waals surface area contributed by atoms with Gasteiger partial charge < -0.3 is 19.9 Å². The lowest BCUT2D eigenvalue weighted by molar-refractivity contribution is 0.0977. The van der Waals surface area contributed by atoms with Crippen LogP contribution in [-0.4, -0.2) is 35.3 Å². The molecule has 32 heavy (non-hydrogen) atoms. The number of phenolic OH excluding ortho intramolecular Hbond substituents is 1. The van der Waals surface area contributed by atoms with Crippen LogP contribution < -0.4 is 20.1 Å². The van der Waals surface area contributed by atoms with Crippen molar-refractivity contribution in [1.29, 1.82) is 0 Å². The summed E-state index contributed by atoms with van der Waals surface area (Å²) in [7, 11) is 3.02. The van der Waals surface area contributed by atoms with Gasteiger partial charge in [-0.05, 0) is 60.7 Å². The molecule has 0 aliphatic carbocycles. The van der Waals surface area contributed by atoms with Crippen molar-refractivity contribution in [3.05, 3.63) is 66.2 Å². The fraction of sp³-hybridized carbons (Fsp3) is 0.0870. The SMILES string of the molecule is COc1ccc(C(=O)NC(=S)Nc2ccc(O)c(-c3nc4ccccc4s3)c2)cc1OC. The number of phenols is 1. The van der Waals surface area contributed by atoms with Crippen molar-refractivity contribution in [2.45, 2.75) is 0 Å². The minimum absolute atomic E-state index is 0.106. The molecule has 4 rings (SSSR count). The van der Waals surface area contributed by atoms with Gasteiger partial charge in [0.15, 0.2) is 16.6 Å². The summed E-state index contributed by atoms with van der Waals surface area (Å²) in [5.74, 6) is 0.678. The second kappa shape index (κ2) is 9.21. The third-order valence-corrected chi connectivity index (χ3v) is 5.93. The van der Waals surface area contributed by atoms with E-state index in [0.717, 1.165) is 10.2 Å². The van der Waals surface area contributed by atoms with E-state index in [1.54, 1.807) is 36.4 Å². The van der Waals surface area contributed by atoms with Gasteiger partial charge in [-0.25, -0.2) is 4.98 Å². The summed E-state index contributed by atoms with van der Waals surface area (Å²) >= 11 is 6.78. The molecule has 7 nitrogen and oxygen atoms in total. The fourth-order valence-electron chi connectivity index (χ4n) is 3.09. The maximum atomic E-state index is 12.6. The zero-order valence-electron chi connectivity index (χ0n) is 17.2. The molecule has 9 heteroatoms. The maximum absolute atomic E-state index is 12.6. The smallest absolute Gasteiger partial charge is 0.257 e. The van der Waals surface area contributed by atoms with Gasteiger partial charge in [0.05, 0.1) is 30.0 Å². The number of carbonyl (C=O) groups is 1. The minimum atomic E-state index is -0.395. The Kier molecular flexibility index (Phi) is 6.20. The first-order valence-electron chi connectivity index (χ1n) is 9.52. The van der Waals surface area contributed by atoms with Crippen molar-refractivity contribution in [1.82, 2.24) is 10.3 Å². The predicted molar refractivity (Wildman–Crippen MR) is 130 cm³/mol. The topological polar surface area (TPSA) is 92.7 Å². The van der Waals surface area contributed by atoms with Crippen LogP contribution in [0.5, 0.6) is 17.2 Å². The number of hydrogen-bond acceptors (Lipinski definition) is 7. The van der Waals surface area contributed by atoms with E-state index >= 15 is 0 Å². The molecule has 3 aromatic carbocycles. The number of thiocarbonyl (C=S) groups is 1. The third kappa shape index (κ3) is 4.48. The van der Waals surface area contributed by atoms with E-state index in [1.807, 2.05) is 24.3 Å². The Bertz CT molecular complexity index is 1290. The highest BCUT2D eigenvalue weighted by Crippen LogP contribution is 2.36. The monoisotopic (exact) mass is 465 g/mol. The van der Waals surface area contributed by atoms with Gasteiger partial charge >= 0.3 is 0 Å². The molecular weight excluding hydrogens is 446 g/mol. The molecule has 0 aliphatic heterocycles. The average molecular weight is 466 g/mol. The van der Waals surface area contributed by atoms with Gasteiger partial charge in [-0.1, -0.05) is 12.1 Å². The summed E-state index contributed by atoms with van der Waals surface area (Å²) < 4.78 is 11.4. The Morgan fingerprint density at radius 2 is 1.81 bits per heavy atom. The molecule has 1 heterocycles. The molecule has 0 unspecified atom stereocenters. The lowest BCUT2D eigenvalue weighted by atomic mass is 10.2. The Hall–Kier alpha value is -3.69. The van der Waals surface area contributed by atoms with Crippen molar-refractivity contribution in [2.24, 2.45) is 0 Å². The van der Waals surface area contributed by atoms with Crippen LogP contribution in [0.3, 0.4) is 0 Å². The minimum Gasteiger partial charge on any atom is -0.507 e. The molecule has 0 saturated carbocycles. The molecule has 0 radical (unpaired) electrons. The first-order valence-corrected chi connectivity index (χ1v) is 10.7. The van der Waals surface area contributed by atoms with Gasteiger partial charge in [-0.2, -0.15) is 0 Å². The molecular formula is C23H19N3O4S2. The molecule has 0 atom stereocenters. The maximum Gasteiger partial charge on any atom is 0.257 e. The Balaban J connectivity index is 1.50. The summed E-state index contributed by atoms with van der Waals surface area (Å²) in [5, 5.41) is 16.8. The van der Waals surface area contributed by atoms with E-state index in [1.165, 1.54) is 25.6 Å². The van der Waals surface area contributed by atoms with Gasteiger partial charge in [-0.3, -0.25) is 10.1 Å². The largest absolute Gasteiger partial charge is 0.507 e. The predicted octanol–water partition coefficient (Wildman–Crippen LogP) is 4.81. The lowest BCUT2D eigenvalue weighted by Gasteiger charge is -2.12. The number of methoxy groups -OCH3 is 2. The summed E-state index contributed by atoms with van der Waals surface area (Å²) in [6.07, 6.45) is 0. The molecule has 0 bridgehead atoms. The number of nitrogens with one attached hydrogen (secondary N) is 2. The molecule has 162 valence electrons. The summed E-state index contributed by atoms with van der Waals surface area (Å²) in [5.41, 5.74) is 2.41. The normalized spacial score (nSPS) is 10.6. The first kappa shape index (κ1) is 21.5. The number of fused-ring (bicyclic) bond motifs is 1. The number of aromatic hydroxyl groups is 1. The average Bonchev–Trinajstić information content (AvgIpc) is 3.23. The third-order valence-electron chi connectivity index (χ3n) is 4.65. The molecule has 3 N–H and O–H groups in total. The Morgan fingerprint density at radius 1 is 1.03 bits per heavy atom. The number of rotatable bonds is 5. The summed E-state index contributed by atoms with van der Waals surface area (Å²) in [6, 6.07) is 17.6. The van der Waals surface area contributed by atoms with Crippen molar-refractivity contribution >= 4 is 50.5 Å². The quantitative estimate of drug-likeness (QED) is 0.288. The number of hydrogen-bond donors (Lipinski definition) is 3. The van der Waals surface area contributed by atoms with Gasteiger partial charge in [0.25, 0.3) is 5.91 Å². The number of para-hydroxylation sites is 1.